The lowest BCUT2D eigenvalue weighted by molar-refractivity contribution is -0.689. The van der Waals surface area contributed by atoms with E-state index in [-0.39, 0.29) is 35.5 Å². The molecule has 0 aromatic carbocycles. The van der Waals surface area contributed by atoms with E-state index >= 15 is 0 Å². The Labute approximate surface area is 207 Å². The van der Waals surface area contributed by atoms with E-state index in [1.54, 1.807) is 36.0 Å². The van der Waals surface area contributed by atoms with Gasteiger partial charge in [0.2, 0.25) is 11.5 Å². The maximum Gasteiger partial charge on any atom is 0.319 e. The predicted molar refractivity (Wildman–Crippen MR) is 120 cm³/mol. The number of carbonyl (C=O) groups is 3. The summed E-state index contributed by atoms with van der Waals surface area (Å²) in [5.41, 5.74) is 6.22. The maximum atomic E-state index is 12.9. The molecular weight excluding hydrogens is 496 g/mol. The van der Waals surface area contributed by atoms with Crippen LogP contribution in [0.4, 0.5) is 6.01 Å². The van der Waals surface area contributed by atoms with Crippen LogP contribution >= 0.6 is 11.8 Å². The number of carboxylic acids is 1. The number of pyridine rings is 1. The van der Waals surface area contributed by atoms with Crippen LogP contribution in [-0.4, -0.2) is 73.7 Å². The summed E-state index contributed by atoms with van der Waals surface area (Å²) in [6, 6.07) is 2.12. The van der Waals surface area contributed by atoms with E-state index in [2.05, 4.69) is 35.1 Å². The van der Waals surface area contributed by atoms with Crippen LogP contribution in [0.5, 0.6) is 0 Å². The first-order valence-electron chi connectivity index (χ1n) is 10.3. The molecular formula is C20H20N8O7S. The number of aromatic nitrogens is 3. The fourth-order valence-corrected chi connectivity index (χ4v) is 5.06. The zero-order valence-electron chi connectivity index (χ0n) is 18.9. The number of amides is 2. The highest BCUT2D eigenvalue weighted by Gasteiger charge is 2.53. The van der Waals surface area contributed by atoms with Crippen molar-refractivity contribution in [1.29, 1.82) is 0 Å². The van der Waals surface area contributed by atoms with E-state index in [1.165, 1.54) is 18.9 Å². The highest BCUT2D eigenvalue weighted by Crippen LogP contribution is 2.40. The second-order valence-corrected chi connectivity index (χ2v) is 8.73. The molecule has 1 fully saturated rings. The number of β-lactam (4-membered cyclic amide) rings is 1. The summed E-state index contributed by atoms with van der Waals surface area (Å²) in [5, 5.41) is 33.1. The molecule has 0 radical (unpaired) electrons. The Morgan fingerprint density at radius 2 is 2.28 bits per heavy atom. The Morgan fingerprint density at radius 1 is 1.50 bits per heavy atom. The number of oxime groups is 2. The van der Waals surface area contributed by atoms with Crippen molar-refractivity contribution in [3.8, 4) is 0 Å². The SMILES string of the molecule is CO/N=C(\C(=O)NC1C(=O)N2C(C(=O)[O-])=C(C[n+]3cccc(C(C)=NO)c3)CS[C@@H]12)c1noc(N)n1. The molecule has 2 atom stereocenters. The molecule has 1 saturated heterocycles. The lowest BCUT2D eigenvalue weighted by Gasteiger charge is -2.50. The van der Waals surface area contributed by atoms with Gasteiger partial charge in [0.15, 0.2) is 18.9 Å². The minimum atomic E-state index is -1.51. The van der Waals surface area contributed by atoms with Crippen LogP contribution in [0.3, 0.4) is 0 Å². The number of nitrogen functional groups attached to an aromatic ring is 1. The Kier molecular flexibility index (Phi) is 6.86. The van der Waals surface area contributed by atoms with Gasteiger partial charge < -0.3 is 35.5 Å². The number of carboxylic acid groups (broad SMARTS) is 1. The van der Waals surface area contributed by atoms with Gasteiger partial charge in [-0.2, -0.15) is 4.98 Å². The van der Waals surface area contributed by atoms with Gasteiger partial charge in [0, 0.05) is 17.4 Å². The summed E-state index contributed by atoms with van der Waals surface area (Å²) in [6.45, 7) is 1.77. The van der Waals surface area contributed by atoms with Gasteiger partial charge in [-0.25, -0.2) is 4.57 Å². The minimum Gasteiger partial charge on any atom is -0.543 e. The summed E-state index contributed by atoms with van der Waals surface area (Å²) in [7, 11) is 1.20. The van der Waals surface area contributed by atoms with Gasteiger partial charge in [0.25, 0.3) is 11.8 Å². The zero-order chi connectivity index (χ0) is 26.0. The molecule has 0 saturated carbocycles. The van der Waals surface area contributed by atoms with E-state index in [0.29, 0.717) is 16.8 Å². The molecule has 4 heterocycles. The normalized spacial score (nSPS) is 20.1. The number of fused-ring (bicyclic) bond motifs is 1. The van der Waals surface area contributed by atoms with E-state index in [4.69, 9.17) is 10.9 Å². The summed E-state index contributed by atoms with van der Waals surface area (Å²) in [5.74, 6) is -2.97. The summed E-state index contributed by atoms with van der Waals surface area (Å²) < 4.78 is 6.35. The number of hydrogen-bond donors (Lipinski definition) is 3. The van der Waals surface area contributed by atoms with Gasteiger partial charge in [-0.1, -0.05) is 15.5 Å². The number of nitrogens with two attached hydrogens (primary N) is 1. The first kappa shape index (κ1) is 24.6. The van der Waals surface area contributed by atoms with Crippen LogP contribution in [0.15, 0.2) is 50.6 Å². The third kappa shape index (κ3) is 4.57. The van der Waals surface area contributed by atoms with Crippen molar-refractivity contribution >= 4 is 47.0 Å². The highest BCUT2D eigenvalue weighted by atomic mass is 32.2. The van der Waals surface area contributed by atoms with E-state index < -0.39 is 29.2 Å². The number of carbonyl (C=O) groups excluding carboxylic acids is 3. The van der Waals surface area contributed by atoms with Crippen molar-refractivity contribution < 1.29 is 38.6 Å². The predicted octanol–water partition coefficient (Wildman–Crippen LogP) is -2.41. The Hall–Kier alpha value is -4.47. The lowest BCUT2D eigenvalue weighted by Crippen LogP contribution is -2.71. The maximum absolute atomic E-state index is 12.9. The number of thioether (sulfide) groups is 1. The fraction of sp³-hybridized carbons (Fsp3) is 0.300. The molecule has 2 aromatic rings. The smallest absolute Gasteiger partial charge is 0.319 e. The van der Waals surface area contributed by atoms with Crippen LogP contribution in [0.25, 0.3) is 0 Å². The van der Waals surface area contributed by atoms with Crippen LogP contribution < -0.4 is 20.7 Å². The Morgan fingerprint density at radius 3 is 2.92 bits per heavy atom. The Balaban J connectivity index is 1.54. The van der Waals surface area contributed by atoms with Crippen molar-refractivity contribution in [2.45, 2.75) is 24.9 Å². The number of hydrogen-bond acceptors (Lipinski definition) is 13. The summed E-state index contributed by atoms with van der Waals surface area (Å²) in [6.07, 6.45) is 3.40. The van der Waals surface area contributed by atoms with Gasteiger partial charge in [-0.3, -0.25) is 14.5 Å². The van der Waals surface area contributed by atoms with Crippen molar-refractivity contribution in [3.05, 3.63) is 47.2 Å². The van der Waals surface area contributed by atoms with Crippen molar-refractivity contribution in [2.24, 2.45) is 10.3 Å². The average molecular weight is 516 g/mol. The standard InChI is InChI=1S/C20H20N8O7S/c1-9(24-33)10-4-3-5-27(6-10)7-11-8-36-18-13(17(30)28(18)14(11)19(31)32)22-16(29)12(25-34-2)15-23-20(21)35-26-15/h3-6,13,18H,7-8H2,1-2H3,(H4-,21,22,23,26,29,31,32,33)/b24-9?,25-12-/t13?,18-/m0/s1. The van der Waals surface area contributed by atoms with Crippen LogP contribution in [-0.2, 0) is 25.8 Å². The van der Waals surface area contributed by atoms with E-state index in [9.17, 15) is 19.5 Å². The fourth-order valence-electron chi connectivity index (χ4n) is 3.72. The molecule has 0 spiro atoms. The van der Waals surface area contributed by atoms with Gasteiger partial charge >= 0.3 is 6.01 Å². The molecule has 0 aliphatic carbocycles. The number of nitrogens with zero attached hydrogens (tertiary/aromatic N) is 6. The topological polar surface area (TPSA) is 213 Å². The second-order valence-electron chi connectivity index (χ2n) is 7.63. The largest absolute Gasteiger partial charge is 0.543 e. The van der Waals surface area contributed by atoms with Gasteiger partial charge in [-0.05, 0) is 13.0 Å². The van der Waals surface area contributed by atoms with Crippen LogP contribution in [0.2, 0.25) is 0 Å². The number of anilines is 1. The zero-order valence-corrected chi connectivity index (χ0v) is 19.8. The van der Waals surface area contributed by atoms with Gasteiger partial charge in [0.1, 0.15) is 18.5 Å². The van der Waals surface area contributed by atoms with Gasteiger partial charge in [-0.15, -0.1) is 11.8 Å². The molecule has 0 bridgehead atoms. The molecule has 2 aliphatic heterocycles. The van der Waals surface area contributed by atoms with Crippen molar-refractivity contribution in [2.75, 3.05) is 18.6 Å². The van der Waals surface area contributed by atoms with Crippen LogP contribution in [0, 0.1) is 0 Å². The molecule has 2 amide bonds. The third-order valence-corrected chi connectivity index (χ3v) is 6.72. The quantitative estimate of drug-likeness (QED) is 0.110. The van der Waals surface area contributed by atoms with Crippen molar-refractivity contribution in [3.63, 3.8) is 0 Å². The Bertz CT molecular complexity index is 1320. The lowest BCUT2D eigenvalue weighted by atomic mass is 10.0. The number of aliphatic carboxylic acids is 1. The van der Waals surface area contributed by atoms with E-state index in [1.807, 2.05) is 0 Å². The highest BCUT2D eigenvalue weighted by molar-refractivity contribution is 8.00. The molecule has 16 heteroatoms. The minimum absolute atomic E-state index is 0.153. The summed E-state index contributed by atoms with van der Waals surface area (Å²) >= 11 is 1.28. The van der Waals surface area contributed by atoms with Gasteiger partial charge in [0.05, 0.1) is 22.9 Å². The van der Waals surface area contributed by atoms with E-state index in [0.717, 1.165) is 4.90 Å². The summed E-state index contributed by atoms with van der Waals surface area (Å²) in [4.78, 5) is 47.2. The first-order chi connectivity index (χ1) is 17.2. The third-order valence-electron chi connectivity index (χ3n) is 5.38. The second kappa shape index (κ2) is 10.0. The molecule has 2 aromatic heterocycles. The molecule has 36 heavy (non-hydrogen) atoms. The number of nitrogens with one attached hydrogen (secondary N) is 1. The molecule has 4 N–H and O–H groups in total. The van der Waals surface area contributed by atoms with Crippen molar-refractivity contribution in [1.82, 2.24) is 20.4 Å². The molecule has 2 aliphatic rings. The first-order valence-corrected chi connectivity index (χ1v) is 11.4. The molecule has 188 valence electrons. The number of rotatable bonds is 8. The molecule has 15 nitrogen and oxygen atoms in total. The van der Waals surface area contributed by atoms with Crippen LogP contribution in [0.1, 0.15) is 18.3 Å². The monoisotopic (exact) mass is 516 g/mol. The molecule has 1 unspecified atom stereocenters. The molecule has 4 rings (SSSR count). The average Bonchev–Trinajstić information content (AvgIpc) is 3.30.